The lowest BCUT2D eigenvalue weighted by molar-refractivity contribution is -0.154. The van der Waals surface area contributed by atoms with E-state index in [2.05, 4.69) is 0 Å². The van der Waals surface area contributed by atoms with E-state index in [-0.39, 0.29) is 36.1 Å². The number of rotatable bonds is 5. The Hall–Kier alpha value is -3.24. The van der Waals surface area contributed by atoms with E-state index < -0.39 is 23.1 Å². The van der Waals surface area contributed by atoms with Crippen LogP contribution in [0.4, 0.5) is 13.2 Å². The number of benzene rings is 2. The highest BCUT2D eigenvalue weighted by atomic mass is 19.4. The van der Waals surface area contributed by atoms with E-state index in [1.54, 1.807) is 6.07 Å². The zero-order valence-corrected chi connectivity index (χ0v) is 18.3. The van der Waals surface area contributed by atoms with Crippen LogP contribution in [-0.2, 0) is 17.5 Å². The van der Waals surface area contributed by atoms with Crippen LogP contribution in [0.2, 0.25) is 0 Å². The second-order valence-corrected chi connectivity index (χ2v) is 8.20. The van der Waals surface area contributed by atoms with Crippen molar-refractivity contribution in [1.29, 1.82) is 0 Å². The second kappa shape index (κ2) is 8.84. The Morgan fingerprint density at radius 3 is 2.56 bits per heavy atom. The molecule has 0 amide bonds. The average molecular weight is 477 g/mol. The number of fused-ring (bicyclic) bond motifs is 3. The average Bonchev–Trinajstić information content (AvgIpc) is 3.33. The van der Waals surface area contributed by atoms with Gasteiger partial charge >= 0.3 is 6.18 Å². The summed E-state index contributed by atoms with van der Waals surface area (Å²) in [7, 11) is 1.46. The van der Waals surface area contributed by atoms with Crippen LogP contribution in [0.25, 0.3) is 11.0 Å². The molecule has 2 aliphatic rings. The molecule has 2 aromatic carbocycles. The summed E-state index contributed by atoms with van der Waals surface area (Å²) < 4.78 is 69.1. The summed E-state index contributed by atoms with van der Waals surface area (Å²) in [5.74, 6) is -1.49. The van der Waals surface area contributed by atoms with Crippen molar-refractivity contribution in [1.82, 2.24) is 4.90 Å². The van der Waals surface area contributed by atoms with Gasteiger partial charge in [0.25, 0.3) is 5.76 Å². The molecule has 1 aromatic heterocycles. The summed E-state index contributed by atoms with van der Waals surface area (Å²) >= 11 is 0. The van der Waals surface area contributed by atoms with Gasteiger partial charge in [0.2, 0.25) is 11.2 Å². The normalized spacial score (nSPS) is 18.5. The molecule has 0 bridgehead atoms. The van der Waals surface area contributed by atoms with Crippen LogP contribution in [0.1, 0.15) is 24.2 Å². The van der Waals surface area contributed by atoms with Crippen molar-refractivity contribution in [2.24, 2.45) is 0 Å². The summed E-state index contributed by atoms with van der Waals surface area (Å²) in [5.41, 5.74) is -0.683. The summed E-state index contributed by atoms with van der Waals surface area (Å²) in [6.07, 6.45) is -3.02. The lowest BCUT2D eigenvalue weighted by Gasteiger charge is -2.30. The highest BCUT2D eigenvalue weighted by Crippen LogP contribution is 2.41. The fourth-order valence-corrected chi connectivity index (χ4v) is 4.23. The third kappa shape index (κ3) is 4.30. The van der Waals surface area contributed by atoms with Gasteiger partial charge in [-0.15, -0.1) is 0 Å². The molecule has 7 nitrogen and oxygen atoms in total. The number of alkyl halides is 3. The Labute approximate surface area is 192 Å². The van der Waals surface area contributed by atoms with Gasteiger partial charge in [0.1, 0.15) is 29.6 Å². The fraction of sp³-hybridized carbons (Fsp3) is 0.375. The van der Waals surface area contributed by atoms with E-state index in [1.165, 1.54) is 37.4 Å². The van der Waals surface area contributed by atoms with Gasteiger partial charge in [-0.3, -0.25) is 9.69 Å². The van der Waals surface area contributed by atoms with Gasteiger partial charge in [0.05, 0.1) is 24.2 Å². The van der Waals surface area contributed by atoms with Crippen molar-refractivity contribution in [2.45, 2.75) is 31.7 Å². The number of hydrogen-bond acceptors (Lipinski definition) is 7. The van der Waals surface area contributed by atoms with E-state index in [9.17, 15) is 18.0 Å². The Morgan fingerprint density at radius 1 is 1.12 bits per heavy atom. The van der Waals surface area contributed by atoms with E-state index in [1.807, 2.05) is 4.90 Å². The van der Waals surface area contributed by atoms with E-state index >= 15 is 0 Å². The summed E-state index contributed by atoms with van der Waals surface area (Å²) in [6.45, 7) is 1.81. The van der Waals surface area contributed by atoms with Crippen LogP contribution in [0.15, 0.2) is 45.6 Å². The molecule has 0 aliphatic carbocycles. The summed E-state index contributed by atoms with van der Waals surface area (Å²) in [5, 5.41) is -0.0159. The molecule has 3 heterocycles. The van der Waals surface area contributed by atoms with Crippen molar-refractivity contribution >= 4 is 11.0 Å². The number of ether oxygens (including phenoxy) is 4. The van der Waals surface area contributed by atoms with Gasteiger partial charge in [0, 0.05) is 19.7 Å². The van der Waals surface area contributed by atoms with Crippen molar-refractivity contribution < 1.29 is 36.5 Å². The van der Waals surface area contributed by atoms with Gasteiger partial charge in [-0.1, -0.05) is 0 Å². The van der Waals surface area contributed by atoms with Crippen molar-refractivity contribution in [3.63, 3.8) is 0 Å². The third-order valence-electron chi connectivity index (χ3n) is 5.89. The quantitative estimate of drug-likeness (QED) is 0.515. The molecule has 0 spiro atoms. The third-order valence-corrected chi connectivity index (χ3v) is 5.89. The predicted molar refractivity (Wildman–Crippen MR) is 115 cm³/mol. The summed E-state index contributed by atoms with van der Waals surface area (Å²) in [6, 6.07) is 8.82. The maximum atomic E-state index is 14.0. The molecule has 3 aromatic rings. The summed E-state index contributed by atoms with van der Waals surface area (Å²) in [4.78, 5) is 15.1. The molecular weight excluding hydrogens is 455 g/mol. The molecule has 1 saturated heterocycles. The molecule has 34 heavy (non-hydrogen) atoms. The SMILES string of the molecule is COc1ccc(Oc2c(C(F)(F)F)oc3c4c(ccc3c2=O)OCN(C[C@@H]2CCCO2)C4)cc1. The van der Waals surface area contributed by atoms with Crippen LogP contribution < -0.4 is 19.6 Å². The predicted octanol–water partition coefficient (Wildman–Crippen LogP) is 4.94. The minimum atomic E-state index is -4.95. The molecule has 0 unspecified atom stereocenters. The number of hydrogen-bond donors (Lipinski definition) is 0. The number of halogens is 3. The molecular formula is C24H22F3NO6. The molecule has 0 radical (unpaired) electrons. The van der Waals surface area contributed by atoms with Crippen molar-refractivity contribution in [3.8, 4) is 23.0 Å². The molecule has 1 atom stereocenters. The zero-order valence-electron chi connectivity index (χ0n) is 18.3. The van der Waals surface area contributed by atoms with Gasteiger partial charge < -0.3 is 23.4 Å². The minimum absolute atomic E-state index is 0.0159. The first-order chi connectivity index (χ1) is 16.3. The van der Waals surface area contributed by atoms with Gasteiger partial charge in [0.15, 0.2) is 0 Å². The van der Waals surface area contributed by atoms with Gasteiger partial charge in [-0.2, -0.15) is 13.2 Å². The maximum Gasteiger partial charge on any atom is 0.453 e. The standard InChI is InChI=1S/C24H22F3NO6/c1-30-14-4-6-15(7-5-14)33-22-20(29)17-8-9-19-18(21(17)34-23(22)24(25,26)27)12-28(13-32-19)11-16-3-2-10-31-16/h4-9,16H,2-3,10-13H2,1H3/t16-/m0/s1. The van der Waals surface area contributed by atoms with E-state index in [0.29, 0.717) is 30.2 Å². The van der Waals surface area contributed by atoms with Crippen LogP contribution in [0, 0.1) is 0 Å². The van der Waals surface area contributed by atoms with E-state index in [0.717, 1.165) is 12.8 Å². The first kappa shape index (κ1) is 22.5. The lowest BCUT2D eigenvalue weighted by atomic mass is 10.1. The Bertz CT molecular complexity index is 1250. The zero-order chi connectivity index (χ0) is 23.9. The lowest BCUT2D eigenvalue weighted by Crippen LogP contribution is -2.37. The highest BCUT2D eigenvalue weighted by Gasteiger charge is 2.41. The van der Waals surface area contributed by atoms with Crippen molar-refractivity contribution in [2.75, 3.05) is 27.0 Å². The van der Waals surface area contributed by atoms with Gasteiger partial charge in [-0.25, -0.2) is 0 Å². The molecule has 2 aliphatic heterocycles. The number of nitrogens with zero attached hydrogens (tertiary/aromatic N) is 1. The minimum Gasteiger partial charge on any atom is -0.497 e. The monoisotopic (exact) mass is 477 g/mol. The first-order valence-corrected chi connectivity index (χ1v) is 10.8. The molecule has 10 heteroatoms. The smallest absolute Gasteiger partial charge is 0.453 e. The Balaban J connectivity index is 1.56. The van der Waals surface area contributed by atoms with Crippen LogP contribution in [-0.4, -0.2) is 38.0 Å². The van der Waals surface area contributed by atoms with Crippen LogP contribution in [0.5, 0.6) is 23.0 Å². The molecule has 5 rings (SSSR count). The maximum absolute atomic E-state index is 14.0. The molecule has 1 fully saturated rings. The molecule has 0 N–H and O–H groups in total. The second-order valence-electron chi connectivity index (χ2n) is 8.20. The van der Waals surface area contributed by atoms with Gasteiger partial charge in [-0.05, 0) is 49.2 Å². The fourth-order valence-electron chi connectivity index (χ4n) is 4.23. The molecule has 180 valence electrons. The highest BCUT2D eigenvalue weighted by molar-refractivity contribution is 5.83. The van der Waals surface area contributed by atoms with Crippen LogP contribution >= 0.6 is 0 Å². The van der Waals surface area contributed by atoms with E-state index in [4.69, 9.17) is 23.4 Å². The Kier molecular flexibility index (Phi) is 5.86. The Morgan fingerprint density at radius 2 is 1.88 bits per heavy atom. The topological polar surface area (TPSA) is 70.4 Å². The first-order valence-electron chi connectivity index (χ1n) is 10.8. The number of methoxy groups -OCH3 is 1. The van der Waals surface area contributed by atoms with Crippen molar-refractivity contribution in [3.05, 3.63) is 57.9 Å². The molecule has 0 saturated carbocycles. The van der Waals surface area contributed by atoms with Crippen LogP contribution in [0.3, 0.4) is 0 Å². The largest absolute Gasteiger partial charge is 0.497 e.